The molecule has 0 radical (unpaired) electrons. The molecular weight excluding hydrogens is 509 g/mol. The van der Waals surface area contributed by atoms with Crippen LogP contribution in [0.15, 0.2) is 28.6 Å². The average Bonchev–Trinajstić information content (AvgIpc) is 3.06. The van der Waals surface area contributed by atoms with E-state index in [0.717, 1.165) is 22.3 Å². The zero-order chi connectivity index (χ0) is 20.0. The van der Waals surface area contributed by atoms with Gasteiger partial charge in [0.15, 0.2) is 11.7 Å². The maximum Gasteiger partial charge on any atom is 0.434 e. The van der Waals surface area contributed by atoms with Gasteiger partial charge in [-0.15, -0.1) is 35.3 Å². The van der Waals surface area contributed by atoms with Crippen LogP contribution in [0.25, 0.3) is 0 Å². The van der Waals surface area contributed by atoms with Crippen molar-refractivity contribution in [1.82, 2.24) is 20.5 Å². The number of aromatic nitrogens is 1. The van der Waals surface area contributed by atoms with Crippen molar-refractivity contribution in [3.05, 3.63) is 51.2 Å². The molecule has 0 atom stereocenters. The van der Waals surface area contributed by atoms with Crippen molar-refractivity contribution < 1.29 is 17.6 Å². The normalized spacial score (nSPS) is 12.1. The van der Waals surface area contributed by atoms with Crippen LogP contribution >= 0.6 is 35.3 Å². The van der Waals surface area contributed by atoms with E-state index < -0.39 is 11.9 Å². The van der Waals surface area contributed by atoms with Crippen molar-refractivity contribution >= 4 is 41.3 Å². The SMILES string of the molecule is CN=C(NCc1ccc(F)c(CN(C)C)c1)NCc1nc(C(F)(F)F)cs1.I. The van der Waals surface area contributed by atoms with Gasteiger partial charge in [0.2, 0.25) is 0 Å². The minimum atomic E-state index is -4.44. The van der Waals surface area contributed by atoms with Gasteiger partial charge in [0.25, 0.3) is 0 Å². The molecule has 1 heterocycles. The van der Waals surface area contributed by atoms with Crippen LogP contribution in [-0.4, -0.2) is 37.0 Å². The van der Waals surface area contributed by atoms with Crippen molar-refractivity contribution in [1.29, 1.82) is 0 Å². The maximum absolute atomic E-state index is 13.8. The Morgan fingerprint density at radius 1 is 1.21 bits per heavy atom. The lowest BCUT2D eigenvalue weighted by Gasteiger charge is -2.14. The summed E-state index contributed by atoms with van der Waals surface area (Å²) in [4.78, 5) is 9.46. The molecule has 1 aromatic carbocycles. The molecule has 0 bridgehead atoms. The average molecular weight is 531 g/mol. The first kappa shape index (κ1) is 24.6. The molecule has 1 aromatic heterocycles. The highest BCUT2D eigenvalue weighted by atomic mass is 127. The zero-order valence-corrected chi connectivity index (χ0v) is 18.7. The summed E-state index contributed by atoms with van der Waals surface area (Å²) in [5, 5.41) is 7.26. The van der Waals surface area contributed by atoms with Crippen LogP contribution in [0, 0.1) is 5.82 Å². The second kappa shape index (κ2) is 10.9. The summed E-state index contributed by atoms with van der Waals surface area (Å²) in [6, 6.07) is 4.86. The van der Waals surface area contributed by atoms with Gasteiger partial charge in [-0.05, 0) is 31.8 Å². The van der Waals surface area contributed by atoms with Crippen LogP contribution in [-0.2, 0) is 25.8 Å². The molecule has 5 nitrogen and oxygen atoms in total. The molecule has 2 rings (SSSR count). The van der Waals surface area contributed by atoms with E-state index in [2.05, 4.69) is 20.6 Å². The number of nitrogens with one attached hydrogen (secondary N) is 2. The monoisotopic (exact) mass is 531 g/mol. The number of guanidine groups is 1. The summed E-state index contributed by atoms with van der Waals surface area (Å²) in [5.41, 5.74) is 0.557. The molecule has 0 amide bonds. The number of aliphatic imine (C=N–C) groups is 1. The summed E-state index contributed by atoms with van der Waals surface area (Å²) in [6.07, 6.45) is -4.44. The fourth-order valence-corrected chi connectivity index (χ4v) is 3.03. The van der Waals surface area contributed by atoms with Crippen molar-refractivity contribution in [3.8, 4) is 0 Å². The molecule has 0 aliphatic heterocycles. The highest BCUT2D eigenvalue weighted by Gasteiger charge is 2.33. The van der Waals surface area contributed by atoms with Gasteiger partial charge in [-0.1, -0.05) is 6.07 Å². The highest BCUT2D eigenvalue weighted by molar-refractivity contribution is 14.0. The molecule has 0 spiro atoms. The number of nitrogens with zero attached hydrogens (tertiary/aromatic N) is 3. The number of hydrogen-bond donors (Lipinski definition) is 2. The number of halogens is 5. The summed E-state index contributed by atoms with van der Waals surface area (Å²) >= 11 is 0.930. The molecule has 0 aliphatic rings. The molecule has 11 heteroatoms. The van der Waals surface area contributed by atoms with E-state index in [0.29, 0.717) is 29.6 Å². The Bertz CT molecular complexity index is 792. The van der Waals surface area contributed by atoms with E-state index >= 15 is 0 Å². The van der Waals surface area contributed by atoms with Crippen molar-refractivity contribution in [3.63, 3.8) is 0 Å². The largest absolute Gasteiger partial charge is 0.434 e. The van der Waals surface area contributed by atoms with Crippen LogP contribution in [0.1, 0.15) is 21.8 Å². The molecule has 0 aliphatic carbocycles. The molecule has 156 valence electrons. The van der Waals surface area contributed by atoms with Crippen LogP contribution in [0.3, 0.4) is 0 Å². The van der Waals surface area contributed by atoms with Crippen LogP contribution < -0.4 is 10.6 Å². The number of benzene rings is 1. The van der Waals surface area contributed by atoms with Gasteiger partial charge < -0.3 is 15.5 Å². The van der Waals surface area contributed by atoms with Gasteiger partial charge in [-0.3, -0.25) is 4.99 Å². The molecule has 2 N–H and O–H groups in total. The Balaban J connectivity index is 0.00000392. The third-order valence-electron chi connectivity index (χ3n) is 3.53. The highest BCUT2D eigenvalue weighted by Crippen LogP contribution is 2.29. The lowest BCUT2D eigenvalue weighted by Crippen LogP contribution is -2.36. The molecule has 0 fully saturated rings. The first-order chi connectivity index (χ1) is 12.7. The van der Waals surface area contributed by atoms with E-state index in [-0.39, 0.29) is 36.3 Å². The van der Waals surface area contributed by atoms with Crippen LogP contribution in [0.5, 0.6) is 0 Å². The van der Waals surface area contributed by atoms with Gasteiger partial charge >= 0.3 is 6.18 Å². The van der Waals surface area contributed by atoms with Crippen molar-refractivity contribution in [2.45, 2.75) is 25.8 Å². The van der Waals surface area contributed by atoms with Crippen molar-refractivity contribution in [2.75, 3.05) is 21.1 Å². The van der Waals surface area contributed by atoms with Crippen LogP contribution in [0.4, 0.5) is 17.6 Å². The molecule has 2 aromatic rings. The predicted octanol–water partition coefficient (Wildman–Crippen LogP) is 3.85. The lowest BCUT2D eigenvalue weighted by molar-refractivity contribution is -0.140. The Labute approximate surface area is 182 Å². The van der Waals surface area contributed by atoms with Crippen LogP contribution in [0.2, 0.25) is 0 Å². The Morgan fingerprint density at radius 3 is 2.46 bits per heavy atom. The molecule has 0 saturated heterocycles. The van der Waals surface area contributed by atoms with E-state index in [1.165, 1.54) is 6.07 Å². The van der Waals surface area contributed by atoms with E-state index in [4.69, 9.17) is 0 Å². The lowest BCUT2D eigenvalue weighted by atomic mass is 10.1. The standard InChI is InChI=1S/C17H21F4N5S.HI/c1-22-16(24-8-15-25-14(10-27-15)17(19,20)21)23-7-11-4-5-13(18)12(6-11)9-26(2)3;/h4-6,10H,7-9H2,1-3H3,(H2,22,23,24);1H. The topological polar surface area (TPSA) is 52.6 Å². The molecular formula is C17H22F4IN5S. The fourth-order valence-electron chi connectivity index (χ4n) is 2.29. The molecule has 0 saturated carbocycles. The Kier molecular flexibility index (Phi) is 9.57. The summed E-state index contributed by atoms with van der Waals surface area (Å²) < 4.78 is 51.5. The quantitative estimate of drug-likeness (QED) is 0.258. The number of thiazole rings is 1. The van der Waals surface area contributed by atoms with Gasteiger partial charge in [0, 0.05) is 31.1 Å². The fraction of sp³-hybridized carbons (Fsp3) is 0.412. The second-order valence-corrected chi connectivity index (χ2v) is 7.01. The zero-order valence-electron chi connectivity index (χ0n) is 15.6. The number of hydrogen-bond acceptors (Lipinski definition) is 4. The van der Waals surface area contributed by atoms with Gasteiger partial charge in [0.1, 0.15) is 10.8 Å². The minimum Gasteiger partial charge on any atom is -0.352 e. The van der Waals surface area contributed by atoms with Crippen molar-refractivity contribution in [2.24, 2.45) is 4.99 Å². The minimum absolute atomic E-state index is 0. The van der Waals surface area contributed by atoms with E-state index in [1.807, 2.05) is 19.0 Å². The Morgan fingerprint density at radius 2 is 1.89 bits per heavy atom. The Hall–Kier alpha value is -1.47. The van der Waals surface area contributed by atoms with E-state index in [9.17, 15) is 17.6 Å². The smallest absolute Gasteiger partial charge is 0.352 e. The van der Waals surface area contributed by atoms with Gasteiger partial charge in [0.05, 0.1) is 6.54 Å². The number of alkyl halides is 3. The third kappa shape index (κ3) is 7.51. The first-order valence-electron chi connectivity index (χ1n) is 8.07. The first-order valence-corrected chi connectivity index (χ1v) is 8.95. The summed E-state index contributed by atoms with van der Waals surface area (Å²) in [6.45, 7) is 1.00. The molecule has 28 heavy (non-hydrogen) atoms. The third-order valence-corrected chi connectivity index (χ3v) is 4.38. The molecule has 0 unspecified atom stereocenters. The number of rotatable bonds is 6. The van der Waals surface area contributed by atoms with Gasteiger partial charge in [-0.25, -0.2) is 9.37 Å². The van der Waals surface area contributed by atoms with Gasteiger partial charge in [-0.2, -0.15) is 13.2 Å². The van der Waals surface area contributed by atoms with E-state index in [1.54, 1.807) is 19.2 Å². The maximum atomic E-state index is 13.8. The second-order valence-electron chi connectivity index (χ2n) is 6.07. The summed E-state index contributed by atoms with van der Waals surface area (Å²) in [7, 11) is 5.28. The predicted molar refractivity (Wildman–Crippen MR) is 113 cm³/mol. The summed E-state index contributed by atoms with van der Waals surface area (Å²) in [5.74, 6) is 0.149.